The van der Waals surface area contributed by atoms with Crippen LogP contribution in [0.5, 0.6) is 0 Å². The molecule has 1 aromatic heterocycles. The summed E-state index contributed by atoms with van der Waals surface area (Å²) in [5.41, 5.74) is 5.74. The highest BCUT2D eigenvalue weighted by molar-refractivity contribution is 5.81. The van der Waals surface area contributed by atoms with Crippen LogP contribution in [-0.4, -0.2) is 16.9 Å². The minimum absolute atomic E-state index is 0.0545. The Morgan fingerprint density at radius 3 is 2.83 bits per heavy atom. The summed E-state index contributed by atoms with van der Waals surface area (Å²) in [5.74, 6) is 0. The molecule has 0 unspecified atom stereocenters. The molecule has 0 amide bonds. The highest BCUT2D eigenvalue weighted by atomic mass is 16.7. The molecule has 18 heavy (non-hydrogen) atoms. The van der Waals surface area contributed by atoms with E-state index in [0.29, 0.717) is 5.39 Å². The van der Waals surface area contributed by atoms with Gasteiger partial charge in [0.2, 0.25) is 0 Å². The van der Waals surface area contributed by atoms with Crippen LogP contribution in [0.25, 0.3) is 10.8 Å². The summed E-state index contributed by atoms with van der Waals surface area (Å²) in [5, 5.41) is 1.62. The first-order valence-corrected chi connectivity index (χ1v) is 6.27. The standard InChI is InChI=1S/C14H16N2O2/c15-11-5-6-12(9-11)18-16-8-7-10-3-1-2-4-13(10)14(16)17/h1-4,7-8,11-12H,5-6,9,15H2/t11-,12-/m0/s1. The molecule has 4 nitrogen and oxygen atoms in total. The maximum absolute atomic E-state index is 12.2. The SMILES string of the molecule is N[C@H]1CC[C@H](On2ccc3ccccc3c2=O)C1. The van der Waals surface area contributed by atoms with E-state index in [1.807, 2.05) is 30.3 Å². The van der Waals surface area contributed by atoms with E-state index < -0.39 is 0 Å². The van der Waals surface area contributed by atoms with Gasteiger partial charge in [-0.2, -0.15) is 4.73 Å². The van der Waals surface area contributed by atoms with Gasteiger partial charge in [0.15, 0.2) is 0 Å². The van der Waals surface area contributed by atoms with E-state index in [4.69, 9.17) is 10.6 Å². The molecule has 1 heterocycles. The van der Waals surface area contributed by atoms with Gasteiger partial charge in [-0.1, -0.05) is 18.2 Å². The predicted octanol–water partition coefficient (Wildman–Crippen LogP) is 1.31. The average molecular weight is 244 g/mol. The number of fused-ring (bicyclic) bond motifs is 1. The van der Waals surface area contributed by atoms with Crippen LogP contribution in [0.3, 0.4) is 0 Å². The van der Waals surface area contributed by atoms with E-state index >= 15 is 0 Å². The Morgan fingerprint density at radius 1 is 1.22 bits per heavy atom. The third-order valence-corrected chi connectivity index (χ3v) is 3.47. The third-order valence-electron chi connectivity index (χ3n) is 3.47. The summed E-state index contributed by atoms with van der Waals surface area (Å²) in [6.07, 6.45) is 4.44. The van der Waals surface area contributed by atoms with Crippen molar-refractivity contribution in [2.75, 3.05) is 0 Å². The van der Waals surface area contributed by atoms with Crippen LogP contribution in [0.2, 0.25) is 0 Å². The first-order chi connectivity index (χ1) is 8.74. The second-order valence-electron chi connectivity index (χ2n) is 4.83. The topological polar surface area (TPSA) is 57.2 Å². The van der Waals surface area contributed by atoms with Gasteiger partial charge in [0.05, 0.1) is 5.39 Å². The molecule has 3 rings (SSSR count). The van der Waals surface area contributed by atoms with Crippen LogP contribution in [-0.2, 0) is 0 Å². The summed E-state index contributed by atoms with van der Waals surface area (Å²) in [6, 6.07) is 9.62. The van der Waals surface area contributed by atoms with Gasteiger partial charge < -0.3 is 10.6 Å². The summed E-state index contributed by atoms with van der Waals surface area (Å²) in [6.45, 7) is 0. The van der Waals surface area contributed by atoms with E-state index in [-0.39, 0.29) is 17.7 Å². The van der Waals surface area contributed by atoms with Crippen molar-refractivity contribution < 1.29 is 4.84 Å². The number of rotatable bonds is 2. The van der Waals surface area contributed by atoms with Gasteiger partial charge in [-0.15, -0.1) is 0 Å². The highest BCUT2D eigenvalue weighted by Crippen LogP contribution is 2.18. The van der Waals surface area contributed by atoms with Crippen LogP contribution < -0.4 is 16.1 Å². The lowest BCUT2D eigenvalue weighted by molar-refractivity contribution is 0.0351. The lowest BCUT2D eigenvalue weighted by Gasteiger charge is -2.14. The van der Waals surface area contributed by atoms with Crippen molar-refractivity contribution in [3.63, 3.8) is 0 Å². The second kappa shape index (κ2) is 4.46. The van der Waals surface area contributed by atoms with Gasteiger partial charge in [-0.25, -0.2) is 0 Å². The van der Waals surface area contributed by atoms with E-state index in [0.717, 1.165) is 24.6 Å². The van der Waals surface area contributed by atoms with Crippen LogP contribution in [0, 0.1) is 0 Å². The summed E-state index contributed by atoms with van der Waals surface area (Å²) in [4.78, 5) is 17.9. The van der Waals surface area contributed by atoms with Crippen molar-refractivity contribution in [1.29, 1.82) is 0 Å². The molecule has 2 aromatic rings. The number of nitrogens with zero attached hydrogens (tertiary/aromatic N) is 1. The molecule has 0 bridgehead atoms. The minimum atomic E-state index is -0.103. The van der Waals surface area contributed by atoms with Crippen molar-refractivity contribution in [2.45, 2.75) is 31.4 Å². The van der Waals surface area contributed by atoms with Crippen LogP contribution in [0.1, 0.15) is 19.3 Å². The van der Waals surface area contributed by atoms with Crippen LogP contribution in [0.15, 0.2) is 41.3 Å². The molecule has 1 aliphatic rings. The van der Waals surface area contributed by atoms with Crippen molar-refractivity contribution in [3.05, 3.63) is 46.9 Å². The summed E-state index contributed by atoms with van der Waals surface area (Å²) >= 11 is 0. The number of aromatic nitrogens is 1. The first-order valence-electron chi connectivity index (χ1n) is 6.27. The molecule has 1 fully saturated rings. The Morgan fingerprint density at radius 2 is 2.06 bits per heavy atom. The third kappa shape index (κ3) is 1.99. The van der Waals surface area contributed by atoms with Crippen molar-refractivity contribution in [1.82, 2.24) is 4.73 Å². The second-order valence-corrected chi connectivity index (χ2v) is 4.83. The number of benzene rings is 1. The average Bonchev–Trinajstić information content (AvgIpc) is 2.79. The zero-order chi connectivity index (χ0) is 12.5. The van der Waals surface area contributed by atoms with E-state index in [1.54, 1.807) is 6.20 Å². The van der Waals surface area contributed by atoms with Crippen LogP contribution >= 0.6 is 0 Å². The fourth-order valence-electron chi connectivity index (χ4n) is 2.48. The lowest BCUT2D eigenvalue weighted by atomic mass is 10.2. The van der Waals surface area contributed by atoms with Gasteiger partial charge in [-0.05, 0) is 30.4 Å². The highest BCUT2D eigenvalue weighted by Gasteiger charge is 2.24. The summed E-state index contributed by atoms with van der Waals surface area (Å²) in [7, 11) is 0. The normalized spacial score (nSPS) is 23.4. The molecule has 94 valence electrons. The maximum Gasteiger partial charge on any atom is 0.290 e. The number of nitrogens with two attached hydrogens (primary N) is 1. The van der Waals surface area contributed by atoms with Gasteiger partial charge in [0.25, 0.3) is 5.56 Å². The molecule has 2 N–H and O–H groups in total. The Kier molecular flexibility index (Phi) is 2.80. The largest absolute Gasteiger partial charge is 0.407 e. The van der Waals surface area contributed by atoms with Crippen molar-refractivity contribution in [2.24, 2.45) is 5.73 Å². The fourth-order valence-corrected chi connectivity index (χ4v) is 2.48. The zero-order valence-electron chi connectivity index (χ0n) is 10.1. The first kappa shape index (κ1) is 11.3. The molecule has 1 aliphatic carbocycles. The van der Waals surface area contributed by atoms with Crippen LogP contribution in [0.4, 0.5) is 0 Å². The Hall–Kier alpha value is -1.81. The molecule has 0 saturated heterocycles. The molecule has 1 saturated carbocycles. The minimum Gasteiger partial charge on any atom is -0.407 e. The Balaban J connectivity index is 1.93. The van der Waals surface area contributed by atoms with Gasteiger partial charge in [0.1, 0.15) is 6.10 Å². The number of pyridine rings is 1. The molecule has 0 radical (unpaired) electrons. The van der Waals surface area contributed by atoms with E-state index in [2.05, 4.69) is 0 Å². The van der Waals surface area contributed by atoms with Crippen molar-refractivity contribution in [3.8, 4) is 0 Å². The molecule has 0 spiro atoms. The molecular formula is C14H16N2O2. The Bertz CT molecular complexity index is 620. The zero-order valence-corrected chi connectivity index (χ0v) is 10.1. The fraction of sp³-hybridized carbons (Fsp3) is 0.357. The summed E-state index contributed by atoms with van der Waals surface area (Å²) < 4.78 is 1.34. The van der Waals surface area contributed by atoms with Crippen molar-refractivity contribution >= 4 is 10.8 Å². The van der Waals surface area contributed by atoms with E-state index in [9.17, 15) is 4.79 Å². The molecule has 1 aromatic carbocycles. The molecular weight excluding hydrogens is 228 g/mol. The smallest absolute Gasteiger partial charge is 0.290 e. The van der Waals surface area contributed by atoms with E-state index in [1.165, 1.54) is 4.73 Å². The van der Waals surface area contributed by atoms with Gasteiger partial charge in [0, 0.05) is 18.7 Å². The number of hydrogen-bond donors (Lipinski definition) is 1. The quantitative estimate of drug-likeness (QED) is 0.866. The Labute approximate surface area is 105 Å². The van der Waals surface area contributed by atoms with Gasteiger partial charge >= 0.3 is 0 Å². The van der Waals surface area contributed by atoms with Gasteiger partial charge in [-0.3, -0.25) is 4.79 Å². The molecule has 0 aliphatic heterocycles. The lowest BCUT2D eigenvalue weighted by Crippen LogP contribution is -2.32. The number of hydrogen-bond acceptors (Lipinski definition) is 3. The molecule has 4 heteroatoms. The predicted molar refractivity (Wildman–Crippen MR) is 70.4 cm³/mol. The monoisotopic (exact) mass is 244 g/mol. The maximum atomic E-state index is 12.2. The molecule has 2 atom stereocenters.